The van der Waals surface area contributed by atoms with Gasteiger partial charge in [0.25, 0.3) is 0 Å². The molecule has 1 aromatic heterocycles. The minimum absolute atomic E-state index is 0.812. The van der Waals surface area contributed by atoms with Crippen molar-refractivity contribution in [3.63, 3.8) is 0 Å². The van der Waals surface area contributed by atoms with Gasteiger partial charge in [0.15, 0.2) is 0 Å². The number of anilines is 1. The molecule has 18 heavy (non-hydrogen) atoms. The number of rotatable bonds is 4. The van der Waals surface area contributed by atoms with Gasteiger partial charge in [-0.15, -0.1) is 5.10 Å². The Labute approximate surface area is 106 Å². The first kappa shape index (κ1) is 11.2. The van der Waals surface area contributed by atoms with Crippen molar-refractivity contribution in [2.24, 2.45) is 5.92 Å². The molecule has 5 nitrogen and oxygen atoms in total. The Balaban J connectivity index is 1.75. The van der Waals surface area contributed by atoms with Crippen LogP contribution in [-0.2, 0) is 0 Å². The van der Waals surface area contributed by atoms with Gasteiger partial charge in [0.2, 0.25) is 0 Å². The lowest BCUT2D eigenvalue weighted by atomic mass is 10.1. The van der Waals surface area contributed by atoms with E-state index in [0.29, 0.717) is 0 Å². The summed E-state index contributed by atoms with van der Waals surface area (Å²) in [7, 11) is 0. The van der Waals surface area contributed by atoms with Crippen LogP contribution < -0.4 is 5.32 Å². The van der Waals surface area contributed by atoms with Crippen LogP contribution in [-0.4, -0.2) is 26.8 Å². The highest BCUT2D eigenvalue weighted by Gasteiger charge is 2.15. The van der Waals surface area contributed by atoms with E-state index >= 15 is 0 Å². The van der Waals surface area contributed by atoms with E-state index in [0.717, 1.165) is 23.8 Å². The monoisotopic (exact) mass is 243 g/mol. The Morgan fingerprint density at radius 2 is 2.06 bits per heavy atom. The second-order valence-corrected chi connectivity index (χ2v) is 4.80. The second kappa shape index (κ2) is 5.16. The Hall–Kier alpha value is -1.91. The number of nitrogens with zero attached hydrogens (tertiary/aromatic N) is 4. The third-order valence-corrected chi connectivity index (χ3v) is 3.56. The lowest BCUT2D eigenvalue weighted by Crippen LogP contribution is -2.12. The quantitative estimate of drug-likeness (QED) is 0.895. The molecule has 1 aliphatic rings. The molecular weight excluding hydrogens is 226 g/mol. The minimum atomic E-state index is 0.812. The third-order valence-electron chi connectivity index (χ3n) is 3.56. The van der Waals surface area contributed by atoms with Crippen LogP contribution in [0.5, 0.6) is 0 Å². The molecule has 5 heteroatoms. The van der Waals surface area contributed by atoms with Crippen molar-refractivity contribution in [3.8, 4) is 5.69 Å². The Morgan fingerprint density at radius 1 is 1.22 bits per heavy atom. The SMILES string of the molecule is c1ccc(-n2cnnn2)c(NCC2CCCC2)c1. The average Bonchev–Trinajstić information content (AvgIpc) is 3.10. The maximum Gasteiger partial charge on any atom is 0.143 e. The van der Waals surface area contributed by atoms with Gasteiger partial charge in [-0.1, -0.05) is 25.0 Å². The Kier molecular flexibility index (Phi) is 3.21. The fourth-order valence-corrected chi connectivity index (χ4v) is 2.56. The van der Waals surface area contributed by atoms with Crippen molar-refractivity contribution in [3.05, 3.63) is 30.6 Å². The van der Waals surface area contributed by atoms with Crippen LogP contribution in [0.4, 0.5) is 5.69 Å². The van der Waals surface area contributed by atoms with Crippen LogP contribution in [0, 0.1) is 5.92 Å². The summed E-state index contributed by atoms with van der Waals surface area (Å²) in [6.07, 6.45) is 7.07. The summed E-state index contributed by atoms with van der Waals surface area (Å²) < 4.78 is 1.69. The van der Waals surface area contributed by atoms with Gasteiger partial charge in [0.1, 0.15) is 6.33 Å². The van der Waals surface area contributed by atoms with E-state index in [1.165, 1.54) is 25.7 Å². The molecule has 3 rings (SSSR count). The van der Waals surface area contributed by atoms with Gasteiger partial charge < -0.3 is 5.32 Å². The number of hydrogen-bond donors (Lipinski definition) is 1. The predicted octanol–water partition coefficient (Wildman–Crippen LogP) is 2.26. The number of tetrazole rings is 1. The minimum Gasteiger partial charge on any atom is -0.383 e. The number of aromatic nitrogens is 4. The van der Waals surface area contributed by atoms with Crippen molar-refractivity contribution in [2.45, 2.75) is 25.7 Å². The van der Waals surface area contributed by atoms with E-state index < -0.39 is 0 Å². The molecule has 0 bridgehead atoms. The maximum atomic E-state index is 3.94. The zero-order valence-corrected chi connectivity index (χ0v) is 10.3. The van der Waals surface area contributed by atoms with E-state index in [9.17, 15) is 0 Å². The molecule has 0 radical (unpaired) electrons. The van der Waals surface area contributed by atoms with Crippen molar-refractivity contribution < 1.29 is 0 Å². The van der Waals surface area contributed by atoms with Crippen molar-refractivity contribution in [1.82, 2.24) is 20.2 Å². The van der Waals surface area contributed by atoms with Gasteiger partial charge >= 0.3 is 0 Å². The van der Waals surface area contributed by atoms with E-state index in [-0.39, 0.29) is 0 Å². The molecule has 1 aliphatic carbocycles. The van der Waals surface area contributed by atoms with E-state index in [2.05, 4.69) is 26.9 Å². The summed E-state index contributed by atoms with van der Waals surface area (Å²) in [5, 5.41) is 14.8. The van der Waals surface area contributed by atoms with Gasteiger partial charge in [-0.3, -0.25) is 0 Å². The van der Waals surface area contributed by atoms with Gasteiger partial charge in [0, 0.05) is 6.54 Å². The average molecular weight is 243 g/mol. The summed E-state index contributed by atoms with van der Waals surface area (Å²) >= 11 is 0. The summed E-state index contributed by atoms with van der Waals surface area (Å²) in [6.45, 7) is 1.04. The van der Waals surface area contributed by atoms with Crippen LogP contribution in [0.25, 0.3) is 5.69 Å². The molecule has 0 amide bonds. The molecule has 2 aromatic rings. The van der Waals surface area contributed by atoms with E-state index in [4.69, 9.17) is 0 Å². The van der Waals surface area contributed by atoms with Crippen molar-refractivity contribution >= 4 is 5.69 Å². The first-order valence-corrected chi connectivity index (χ1v) is 6.50. The third kappa shape index (κ3) is 2.34. The molecule has 1 heterocycles. The van der Waals surface area contributed by atoms with Gasteiger partial charge in [-0.2, -0.15) is 4.68 Å². The standard InChI is InChI=1S/C13H17N5/c1-2-6-11(5-1)9-14-12-7-3-4-8-13(12)18-10-15-16-17-18/h3-4,7-8,10-11,14H,1-2,5-6,9H2. The Morgan fingerprint density at radius 3 is 2.83 bits per heavy atom. The maximum absolute atomic E-state index is 3.94. The molecule has 0 saturated heterocycles. The van der Waals surface area contributed by atoms with Crippen LogP contribution in [0.3, 0.4) is 0 Å². The highest BCUT2D eigenvalue weighted by Crippen LogP contribution is 2.26. The molecule has 0 unspecified atom stereocenters. The van der Waals surface area contributed by atoms with Gasteiger partial charge in [-0.05, 0) is 41.3 Å². The molecule has 1 saturated carbocycles. The van der Waals surface area contributed by atoms with E-state index in [1.54, 1.807) is 11.0 Å². The molecule has 0 atom stereocenters. The summed E-state index contributed by atoms with van der Waals surface area (Å²) in [6, 6.07) is 8.13. The molecule has 1 aromatic carbocycles. The zero-order valence-electron chi connectivity index (χ0n) is 10.3. The highest BCUT2D eigenvalue weighted by atomic mass is 15.5. The van der Waals surface area contributed by atoms with Crippen molar-refractivity contribution in [2.75, 3.05) is 11.9 Å². The molecule has 1 fully saturated rings. The normalized spacial score (nSPS) is 16.0. The fourth-order valence-electron chi connectivity index (χ4n) is 2.56. The predicted molar refractivity (Wildman–Crippen MR) is 69.6 cm³/mol. The lowest BCUT2D eigenvalue weighted by molar-refractivity contribution is 0.579. The zero-order chi connectivity index (χ0) is 12.2. The largest absolute Gasteiger partial charge is 0.383 e. The summed E-state index contributed by atoms with van der Waals surface area (Å²) in [5.41, 5.74) is 2.09. The smallest absolute Gasteiger partial charge is 0.143 e. The first-order valence-electron chi connectivity index (χ1n) is 6.50. The Bertz CT molecular complexity index is 488. The molecule has 1 N–H and O–H groups in total. The van der Waals surface area contributed by atoms with Crippen LogP contribution >= 0.6 is 0 Å². The van der Waals surface area contributed by atoms with Crippen molar-refractivity contribution in [1.29, 1.82) is 0 Å². The van der Waals surface area contributed by atoms with Crippen LogP contribution in [0.1, 0.15) is 25.7 Å². The van der Waals surface area contributed by atoms with E-state index in [1.807, 2.05) is 18.2 Å². The lowest BCUT2D eigenvalue weighted by Gasteiger charge is -2.14. The number of benzene rings is 1. The molecule has 94 valence electrons. The number of hydrogen-bond acceptors (Lipinski definition) is 4. The first-order chi connectivity index (χ1) is 8.93. The van der Waals surface area contributed by atoms with Crippen LogP contribution in [0.2, 0.25) is 0 Å². The highest BCUT2D eigenvalue weighted by molar-refractivity contribution is 5.60. The number of nitrogens with one attached hydrogen (secondary N) is 1. The number of para-hydroxylation sites is 2. The topological polar surface area (TPSA) is 55.6 Å². The van der Waals surface area contributed by atoms with Crippen LogP contribution in [0.15, 0.2) is 30.6 Å². The molecular formula is C13H17N5. The summed E-state index contributed by atoms with van der Waals surface area (Å²) in [5.74, 6) is 0.812. The van der Waals surface area contributed by atoms with Gasteiger partial charge in [0.05, 0.1) is 11.4 Å². The fraction of sp³-hybridized carbons (Fsp3) is 0.462. The molecule has 0 aliphatic heterocycles. The van der Waals surface area contributed by atoms with Gasteiger partial charge in [-0.25, -0.2) is 0 Å². The second-order valence-electron chi connectivity index (χ2n) is 4.80. The summed E-state index contributed by atoms with van der Waals surface area (Å²) in [4.78, 5) is 0. The molecule has 0 spiro atoms.